The van der Waals surface area contributed by atoms with Gasteiger partial charge in [-0.15, -0.1) is 11.3 Å². The van der Waals surface area contributed by atoms with Crippen LogP contribution in [-0.4, -0.2) is 10.7 Å². The molecule has 0 bridgehead atoms. The average Bonchev–Trinajstić information content (AvgIpc) is 3.34. The summed E-state index contributed by atoms with van der Waals surface area (Å²) in [7, 11) is 0. The zero-order valence-corrected chi connectivity index (χ0v) is 17.0. The Morgan fingerprint density at radius 3 is 2.79 bits per heavy atom. The molecule has 0 amide bonds. The summed E-state index contributed by atoms with van der Waals surface area (Å²) in [4.78, 5) is 24.6. The number of thiophene rings is 1. The van der Waals surface area contributed by atoms with Crippen LogP contribution in [0.1, 0.15) is 45.0 Å². The molecule has 7 heteroatoms. The van der Waals surface area contributed by atoms with Crippen LogP contribution in [0.25, 0.3) is 6.08 Å². The van der Waals surface area contributed by atoms with Crippen LogP contribution in [0, 0.1) is 17.0 Å². The van der Waals surface area contributed by atoms with Gasteiger partial charge in [0.15, 0.2) is 5.78 Å². The van der Waals surface area contributed by atoms with E-state index in [4.69, 9.17) is 9.15 Å². The number of nitro benzene ring substituents is 1. The number of carbonyl (C=O) groups excluding carboxylic acids is 1. The van der Waals surface area contributed by atoms with Crippen molar-refractivity contribution < 1.29 is 18.9 Å². The number of carbonyl (C=O) groups is 1. The van der Waals surface area contributed by atoms with Gasteiger partial charge >= 0.3 is 0 Å². The number of hydrogen-bond acceptors (Lipinski definition) is 6. The molecule has 0 aliphatic heterocycles. The first kappa shape index (κ1) is 20.5. The van der Waals surface area contributed by atoms with Crippen LogP contribution in [0.15, 0.2) is 53.0 Å². The number of rotatable bonds is 9. The number of ether oxygens (including phenoxy) is 1. The third-order valence-electron chi connectivity index (χ3n) is 4.23. The summed E-state index contributed by atoms with van der Waals surface area (Å²) in [5, 5.41) is 10.9. The Labute approximate surface area is 172 Å². The zero-order chi connectivity index (χ0) is 20.8. The lowest BCUT2D eigenvalue weighted by molar-refractivity contribution is -0.385. The minimum absolute atomic E-state index is 0.0482. The maximum atomic E-state index is 12.3. The van der Waals surface area contributed by atoms with Crippen molar-refractivity contribution in [3.63, 3.8) is 0 Å². The van der Waals surface area contributed by atoms with Crippen molar-refractivity contribution in [2.75, 3.05) is 0 Å². The molecule has 0 N–H and O–H groups in total. The van der Waals surface area contributed by atoms with Crippen LogP contribution in [-0.2, 0) is 13.0 Å². The molecule has 0 aliphatic carbocycles. The highest BCUT2D eigenvalue weighted by atomic mass is 32.1. The predicted molar refractivity (Wildman–Crippen MR) is 113 cm³/mol. The number of ketones is 1. The highest BCUT2D eigenvalue weighted by molar-refractivity contribution is 7.14. The van der Waals surface area contributed by atoms with Crippen molar-refractivity contribution in [3.05, 3.63) is 85.5 Å². The molecule has 0 radical (unpaired) electrons. The zero-order valence-electron chi connectivity index (χ0n) is 16.2. The van der Waals surface area contributed by atoms with Gasteiger partial charge in [-0.3, -0.25) is 14.9 Å². The monoisotopic (exact) mass is 411 g/mol. The lowest BCUT2D eigenvalue weighted by atomic mass is 10.2. The minimum Gasteiger partial charge on any atom is -0.486 e. The van der Waals surface area contributed by atoms with Crippen molar-refractivity contribution in [1.82, 2.24) is 0 Å². The molecule has 2 aromatic heterocycles. The SMILES string of the molecule is CCCc1ccc(C(=O)/C=C/c2ccc(COc3ccc([N+](=O)[O-])c(C)c3)o2)s1. The number of nitro groups is 1. The molecule has 2 heterocycles. The Morgan fingerprint density at radius 1 is 1.24 bits per heavy atom. The minimum atomic E-state index is -0.424. The largest absolute Gasteiger partial charge is 0.486 e. The molecule has 0 atom stereocenters. The van der Waals surface area contributed by atoms with Crippen LogP contribution in [0.3, 0.4) is 0 Å². The second-order valence-corrected chi connectivity index (χ2v) is 7.68. The molecule has 3 aromatic rings. The van der Waals surface area contributed by atoms with Crippen molar-refractivity contribution >= 4 is 28.9 Å². The summed E-state index contributed by atoms with van der Waals surface area (Å²) in [6.07, 6.45) is 5.18. The molecule has 0 spiro atoms. The standard InChI is InChI=1S/C22H21NO5S/c1-3-4-19-9-12-22(29-19)21(24)11-8-16-5-6-18(28-16)14-27-17-7-10-20(23(25)26)15(2)13-17/h5-13H,3-4,14H2,1-2H3/b11-8+. The van der Waals surface area contributed by atoms with Gasteiger partial charge in [0.1, 0.15) is 23.9 Å². The Morgan fingerprint density at radius 2 is 2.07 bits per heavy atom. The van der Waals surface area contributed by atoms with Gasteiger partial charge in [0, 0.05) is 16.5 Å². The summed E-state index contributed by atoms with van der Waals surface area (Å²) < 4.78 is 11.3. The normalized spacial score (nSPS) is 11.1. The van der Waals surface area contributed by atoms with Gasteiger partial charge < -0.3 is 9.15 Å². The van der Waals surface area contributed by atoms with Crippen LogP contribution in [0.5, 0.6) is 5.75 Å². The fourth-order valence-electron chi connectivity index (χ4n) is 2.77. The van der Waals surface area contributed by atoms with Crippen molar-refractivity contribution in [1.29, 1.82) is 0 Å². The van der Waals surface area contributed by atoms with Gasteiger partial charge in [0.25, 0.3) is 5.69 Å². The number of aryl methyl sites for hydroxylation is 2. The first-order valence-electron chi connectivity index (χ1n) is 9.24. The quantitative estimate of drug-likeness (QED) is 0.187. The highest BCUT2D eigenvalue weighted by Crippen LogP contribution is 2.24. The van der Waals surface area contributed by atoms with E-state index in [2.05, 4.69) is 6.92 Å². The average molecular weight is 411 g/mol. The van der Waals surface area contributed by atoms with Crippen LogP contribution in [0.4, 0.5) is 5.69 Å². The fraction of sp³-hybridized carbons (Fsp3) is 0.227. The Balaban J connectivity index is 1.57. The van der Waals surface area contributed by atoms with E-state index in [0.29, 0.717) is 27.7 Å². The van der Waals surface area contributed by atoms with E-state index >= 15 is 0 Å². The first-order chi connectivity index (χ1) is 14.0. The summed E-state index contributed by atoms with van der Waals surface area (Å²) in [6.45, 7) is 3.96. The number of allylic oxidation sites excluding steroid dienone is 1. The third kappa shape index (κ3) is 5.42. The Kier molecular flexibility index (Phi) is 6.61. The molecular weight excluding hydrogens is 390 g/mol. The molecule has 0 fully saturated rings. The number of nitrogens with zero attached hydrogens (tertiary/aromatic N) is 1. The predicted octanol–water partition coefficient (Wildman–Crippen LogP) is 5.99. The molecular formula is C22H21NO5S. The number of furan rings is 1. The van der Waals surface area contributed by atoms with Gasteiger partial charge in [-0.1, -0.05) is 13.3 Å². The topological polar surface area (TPSA) is 82.6 Å². The van der Waals surface area contributed by atoms with Crippen molar-refractivity contribution in [2.24, 2.45) is 0 Å². The molecule has 1 aromatic carbocycles. The van der Waals surface area contributed by atoms with E-state index in [9.17, 15) is 14.9 Å². The Bertz CT molecular complexity index is 1050. The summed E-state index contributed by atoms with van der Waals surface area (Å²) in [5.74, 6) is 1.63. The molecule has 0 aliphatic rings. The van der Waals surface area contributed by atoms with Gasteiger partial charge in [0.2, 0.25) is 0 Å². The van der Waals surface area contributed by atoms with Crippen LogP contribution >= 0.6 is 11.3 Å². The maximum Gasteiger partial charge on any atom is 0.272 e. The van der Waals surface area contributed by atoms with E-state index in [1.807, 2.05) is 12.1 Å². The molecule has 0 unspecified atom stereocenters. The smallest absolute Gasteiger partial charge is 0.272 e. The van der Waals surface area contributed by atoms with E-state index in [1.165, 1.54) is 28.4 Å². The van der Waals surface area contributed by atoms with E-state index in [0.717, 1.165) is 12.8 Å². The van der Waals surface area contributed by atoms with E-state index < -0.39 is 4.92 Å². The van der Waals surface area contributed by atoms with E-state index in [1.54, 1.807) is 37.3 Å². The van der Waals surface area contributed by atoms with Crippen molar-refractivity contribution in [2.45, 2.75) is 33.3 Å². The van der Waals surface area contributed by atoms with Crippen LogP contribution in [0.2, 0.25) is 0 Å². The molecule has 6 nitrogen and oxygen atoms in total. The first-order valence-corrected chi connectivity index (χ1v) is 10.1. The molecule has 29 heavy (non-hydrogen) atoms. The second kappa shape index (κ2) is 9.34. The molecule has 3 rings (SSSR count). The second-order valence-electron chi connectivity index (χ2n) is 6.51. The lowest BCUT2D eigenvalue weighted by Crippen LogP contribution is -1.96. The summed E-state index contributed by atoms with van der Waals surface area (Å²) >= 11 is 1.52. The van der Waals surface area contributed by atoms with Gasteiger partial charge in [-0.05, 0) is 61.9 Å². The van der Waals surface area contributed by atoms with Crippen molar-refractivity contribution in [3.8, 4) is 5.75 Å². The highest BCUT2D eigenvalue weighted by Gasteiger charge is 2.11. The molecule has 0 saturated carbocycles. The van der Waals surface area contributed by atoms with Crippen LogP contribution < -0.4 is 4.74 Å². The van der Waals surface area contributed by atoms with Gasteiger partial charge in [0.05, 0.1) is 9.80 Å². The number of hydrogen-bond donors (Lipinski definition) is 0. The summed E-state index contributed by atoms with van der Waals surface area (Å²) in [6, 6.07) is 12.0. The summed E-state index contributed by atoms with van der Waals surface area (Å²) in [5.41, 5.74) is 0.588. The fourth-order valence-corrected chi connectivity index (χ4v) is 3.80. The molecule has 150 valence electrons. The maximum absolute atomic E-state index is 12.3. The van der Waals surface area contributed by atoms with Gasteiger partial charge in [-0.25, -0.2) is 0 Å². The van der Waals surface area contributed by atoms with E-state index in [-0.39, 0.29) is 18.1 Å². The number of benzene rings is 1. The Hall–Kier alpha value is -3.19. The third-order valence-corrected chi connectivity index (χ3v) is 5.39. The lowest BCUT2D eigenvalue weighted by Gasteiger charge is -2.05. The molecule has 0 saturated heterocycles. The van der Waals surface area contributed by atoms with Gasteiger partial charge in [-0.2, -0.15) is 0 Å².